The zero-order valence-corrected chi connectivity index (χ0v) is 17.0. The predicted octanol–water partition coefficient (Wildman–Crippen LogP) is 5.03. The molecule has 0 fully saturated rings. The Bertz CT molecular complexity index is 1000. The first-order valence-corrected chi connectivity index (χ1v) is 11.3. The molecular weight excluding hydrogens is 418 g/mol. The van der Waals surface area contributed by atoms with Crippen molar-refractivity contribution in [3.63, 3.8) is 0 Å². The summed E-state index contributed by atoms with van der Waals surface area (Å²) in [5.74, 6) is 0.0780. The normalized spacial score (nSPS) is 13.3. The predicted molar refractivity (Wildman–Crippen MR) is 108 cm³/mol. The summed E-state index contributed by atoms with van der Waals surface area (Å²) < 4.78 is 62.9. The number of hydrogen-bond acceptors (Lipinski definition) is 3. The highest BCUT2D eigenvalue weighted by Crippen LogP contribution is 2.33. The van der Waals surface area contributed by atoms with E-state index in [-0.39, 0.29) is 5.75 Å². The first-order valence-electron chi connectivity index (χ1n) is 8.66. The molecule has 0 heterocycles. The molecule has 1 N–H and O–H groups in total. The van der Waals surface area contributed by atoms with Crippen LogP contribution in [0.4, 0.5) is 8.78 Å². The maximum Gasteiger partial charge on any atom is 0.405 e. The highest BCUT2D eigenvalue weighted by atomic mass is 32.2. The second-order valence-electron chi connectivity index (χ2n) is 6.20. The van der Waals surface area contributed by atoms with Crippen LogP contribution in [0.25, 0.3) is 0 Å². The van der Waals surface area contributed by atoms with Crippen LogP contribution in [0.3, 0.4) is 0 Å². The van der Waals surface area contributed by atoms with E-state index in [2.05, 4.69) is 0 Å². The quantitative estimate of drug-likeness (QED) is 0.416. The summed E-state index contributed by atoms with van der Waals surface area (Å²) in [7, 11) is -5.98. The number of rotatable bonds is 7. The van der Waals surface area contributed by atoms with E-state index in [1.165, 1.54) is 12.1 Å². The Balaban J connectivity index is 1.89. The molecule has 0 saturated carbocycles. The van der Waals surface area contributed by atoms with E-state index in [0.717, 1.165) is 21.6 Å². The largest absolute Gasteiger partial charge is 0.483 e. The van der Waals surface area contributed by atoms with E-state index in [4.69, 9.17) is 9.29 Å². The molecule has 0 bridgehead atoms. The Morgan fingerprint density at radius 1 is 0.828 bits per heavy atom. The van der Waals surface area contributed by atoms with Gasteiger partial charge in [0.1, 0.15) is 5.75 Å². The number of hydrogen-bond donors (Lipinski definition) is 1. The van der Waals surface area contributed by atoms with E-state index in [0.29, 0.717) is 0 Å². The third kappa shape index (κ3) is 4.77. The van der Waals surface area contributed by atoms with Crippen molar-refractivity contribution < 1.29 is 26.5 Å². The maximum absolute atomic E-state index is 13.7. The average Bonchev–Trinajstić information content (AvgIpc) is 2.70. The number of halogens is 2. The molecular formula is C21H19F2O4S2+. The zero-order chi connectivity index (χ0) is 21.1. The van der Waals surface area contributed by atoms with Gasteiger partial charge in [0.15, 0.2) is 20.8 Å². The smallest absolute Gasteiger partial charge is 0.405 e. The lowest BCUT2D eigenvalue weighted by molar-refractivity contribution is -0.0236. The van der Waals surface area contributed by atoms with Crippen molar-refractivity contribution in [3.8, 4) is 5.75 Å². The minimum Gasteiger partial charge on any atom is -0.483 e. The van der Waals surface area contributed by atoms with Gasteiger partial charge in [0.2, 0.25) is 0 Å². The van der Waals surface area contributed by atoms with Crippen LogP contribution in [0, 0.1) is 0 Å². The fourth-order valence-electron chi connectivity index (χ4n) is 2.66. The molecule has 152 valence electrons. The molecule has 0 radical (unpaired) electrons. The molecule has 4 nitrogen and oxygen atoms in total. The molecule has 3 aromatic rings. The fraction of sp³-hybridized carbons (Fsp3) is 0.143. The molecule has 0 aliphatic rings. The lowest BCUT2D eigenvalue weighted by atomic mass is 10.3. The van der Waals surface area contributed by atoms with Crippen LogP contribution in [0.15, 0.2) is 99.6 Å². The summed E-state index contributed by atoms with van der Waals surface area (Å²) in [5, 5.41) is -4.41. The van der Waals surface area contributed by atoms with Gasteiger partial charge in [0, 0.05) is 0 Å². The Hall–Kier alpha value is -2.42. The summed E-state index contributed by atoms with van der Waals surface area (Å²) in [5.41, 5.74) is 0. The number of benzene rings is 3. The molecule has 0 aromatic heterocycles. The summed E-state index contributed by atoms with van der Waals surface area (Å²) >= 11 is 0. The third-order valence-corrected chi connectivity index (χ3v) is 7.40. The van der Waals surface area contributed by atoms with Crippen LogP contribution in [-0.4, -0.2) is 24.3 Å². The van der Waals surface area contributed by atoms with Crippen molar-refractivity contribution in [2.75, 3.05) is 0 Å². The summed E-state index contributed by atoms with van der Waals surface area (Å²) in [4.78, 5) is 3.14. The van der Waals surface area contributed by atoms with Crippen LogP contribution in [-0.2, 0) is 21.0 Å². The molecule has 29 heavy (non-hydrogen) atoms. The maximum atomic E-state index is 13.7. The Morgan fingerprint density at radius 3 is 1.66 bits per heavy atom. The average molecular weight is 438 g/mol. The van der Waals surface area contributed by atoms with E-state index in [1.54, 1.807) is 12.1 Å². The molecule has 3 rings (SSSR count). The van der Waals surface area contributed by atoms with Crippen LogP contribution >= 0.6 is 0 Å². The van der Waals surface area contributed by atoms with E-state index < -0.39 is 32.4 Å². The van der Waals surface area contributed by atoms with Crippen molar-refractivity contribution in [1.82, 2.24) is 0 Å². The topological polar surface area (TPSA) is 63.6 Å². The molecule has 0 spiro atoms. The van der Waals surface area contributed by atoms with E-state index >= 15 is 0 Å². The first kappa shape index (κ1) is 21.3. The molecule has 0 aliphatic carbocycles. The van der Waals surface area contributed by atoms with Crippen molar-refractivity contribution in [1.29, 1.82) is 0 Å². The summed E-state index contributed by atoms with van der Waals surface area (Å²) in [6.07, 6.45) is -2.05. The van der Waals surface area contributed by atoms with Crippen molar-refractivity contribution in [2.24, 2.45) is 0 Å². The van der Waals surface area contributed by atoms with Crippen molar-refractivity contribution >= 4 is 21.0 Å². The highest BCUT2D eigenvalue weighted by Gasteiger charge is 2.51. The van der Waals surface area contributed by atoms with Gasteiger partial charge in [-0.2, -0.15) is 17.2 Å². The Morgan fingerprint density at radius 2 is 1.24 bits per heavy atom. The fourth-order valence-corrected chi connectivity index (χ4v) is 5.21. The molecule has 8 heteroatoms. The van der Waals surface area contributed by atoms with Crippen LogP contribution < -0.4 is 4.74 Å². The lowest BCUT2D eigenvalue weighted by Crippen LogP contribution is -2.42. The van der Waals surface area contributed by atoms with Gasteiger partial charge in [0.25, 0.3) is 0 Å². The standard InChI is InChI=1S/C21H18F2O4S2/c1-16(21(22,23)29(24,25)26)27-17-12-14-20(15-13-17)28(18-8-4-2-5-9-18)19-10-6-3-7-11-19/h2-16H,1H3/p+1. The summed E-state index contributed by atoms with van der Waals surface area (Å²) in [6, 6.07) is 26.3. The SMILES string of the molecule is CC(Oc1ccc([S+](c2ccccc2)c2ccccc2)cc1)C(F)(F)S(=O)(=O)O. The molecule has 3 aromatic carbocycles. The van der Waals surface area contributed by atoms with Gasteiger partial charge in [-0.05, 0) is 55.5 Å². The van der Waals surface area contributed by atoms with E-state index in [1.807, 2.05) is 60.7 Å². The monoisotopic (exact) mass is 437 g/mol. The Kier molecular flexibility index (Phi) is 6.26. The van der Waals surface area contributed by atoms with Gasteiger partial charge in [-0.15, -0.1) is 0 Å². The van der Waals surface area contributed by atoms with Gasteiger partial charge in [-0.25, -0.2) is 0 Å². The highest BCUT2D eigenvalue weighted by molar-refractivity contribution is 7.97. The molecule has 1 unspecified atom stereocenters. The zero-order valence-electron chi connectivity index (χ0n) is 15.4. The molecule has 0 saturated heterocycles. The van der Waals surface area contributed by atoms with Gasteiger partial charge in [-0.3, -0.25) is 4.55 Å². The second-order valence-corrected chi connectivity index (χ2v) is 9.72. The van der Waals surface area contributed by atoms with Crippen molar-refractivity contribution in [3.05, 3.63) is 84.9 Å². The molecule has 0 amide bonds. The van der Waals surface area contributed by atoms with Crippen LogP contribution in [0.2, 0.25) is 0 Å². The van der Waals surface area contributed by atoms with Crippen molar-refractivity contribution in [2.45, 2.75) is 33.0 Å². The van der Waals surface area contributed by atoms with Gasteiger partial charge in [0.05, 0.1) is 10.9 Å². The number of ether oxygens (including phenoxy) is 1. The molecule has 0 aliphatic heterocycles. The van der Waals surface area contributed by atoms with Crippen LogP contribution in [0.5, 0.6) is 5.75 Å². The third-order valence-electron chi connectivity index (χ3n) is 4.15. The minimum atomic E-state index is -5.57. The minimum absolute atomic E-state index is 0.0780. The molecule has 1 atom stereocenters. The number of alkyl halides is 2. The van der Waals surface area contributed by atoms with Gasteiger partial charge >= 0.3 is 15.4 Å². The van der Waals surface area contributed by atoms with Gasteiger partial charge < -0.3 is 4.74 Å². The lowest BCUT2D eigenvalue weighted by Gasteiger charge is -2.21. The first-order chi connectivity index (χ1) is 13.7. The van der Waals surface area contributed by atoms with E-state index in [9.17, 15) is 17.2 Å². The Labute approximate surface area is 171 Å². The second kappa shape index (κ2) is 8.52. The van der Waals surface area contributed by atoms with Gasteiger partial charge in [-0.1, -0.05) is 36.4 Å². The van der Waals surface area contributed by atoms with Crippen LogP contribution in [0.1, 0.15) is 6.92 Å². The summed E-state index contributed by atoms with van der Waals surface area (Å²) in [6.45, 7) is 0.889.